The monoisotopic (exact) mass is 326 g/mol. The maximum atomic E-state index is 12.0. The van der Waals surface area contributed by atoms with Crippen molar-refractivity contribution in [2.24, 2.45) is 5.73 Å². The molecule has 0 saturated heterocycles. The largest absolute Gasteiger partial charge is 0.426 e. The number of oxazole rings is 1. The van der Waals surface area contributed by atoms with Crippen LogP contribution in [0.5, 0.6) is 5.75 Å². The van der Waals surface area contributed by atoms with E-state index in [1.807, 2.05) is 0 Å². The third kappa shape index (κ3) is 3.19. The zero-order valence-corrected chi connectivity index (χ0v) is 12.6. The van der Waals surface area contributed by atoms with Crippen LogP contribution in [0.15, 0.2) is 57.7 Å². The van der Waals surface area contributed by atoms with E-state index in [1.54, 1.807) is 36.4 Å². The van der Waals surface area contributed by atoms with Gasteiger partial charge >= 0.3 is 11.7 Å². The first-order valence-corrected chi connectivity index (χ1v) is 7.23. The lowest BCUT2D eigenvalue weighted by atomic mass is 10.2. The molecule has 0 fully saturated rings. The predicted octanol–water partition coefficient (Wildman–Crippen LogP) is 1.69. The highest BCUT2D eigenvalue weighted by Gasteiger charge is 2.12. The number of nitrogens with zero attached hydrogens (tertiary/aromatic N) is 1. The number of primary amides is 1. The van der Waals surface area contributed by atoms with Crippen molar-refractivity contribution in [3.05, 3.63) is 64.6 Å². The van der Waals surface area contributed by atoms with Crippen LogP contribution in [0.2, 0.25) is 0 Å². The summed E-state index contributed by atoms with van der Waals surface area (Å²) < 4.78 is 11.6. The summed E-state index contributed by atoms with van der Waals surface area (Å²) in [6, 6.07) is 13.0. The van der Waals surface area contributed by atoms with Crippen molar-refractivity contribution in [2.75, 3.05) is 0 Å². The van der Waals surface area contributed by atoms with Gasteiger partial charge in [0.05, 0.1) is 11.9 Å². The number of esters is 1. The number of ether oxygens (including phenoxy) is 1. The van der Waals surface area contributed by atoms with Gasteiger partial charge < -0.3 is 14.9 Å². The number of hydrogen-bond donors (Lipinski definition) is 1. The molecule has 1 amide bonds. The molecule has 7 nitrogen and oxygen atoms in total. The second-order valence-electron chi connectivity index (χ2n) is 5.10. The van der Waals surface area contributed by atoms with E-state index >= 15 is 0 Å². The predicted molar refractivity (Wildman–Crippen MR) is 85.7 cm³/mol. The van der Waals surface area contributed by atoms with E-state index in [9.17, 15) is 14.4 Å². The number of aromatic nitrogens is 1. The van der Waals surface area contributed by atoms with Gasteiger partial charge in [-0.2, -0.15) is 0 Å². The van der Waals surface area contributed by atoms with Gasteiger partial charge in [0.2, 0.25) is 5.91 Å². The van der Waals surface area contributed by atoms with Gasteiger partial charge in [0.25, 0.3) is 0 Å². The first-order valence-electron chi connectivity index (χ1n) is 7.23. The molecule has 24 heavy (non-hydrogen) atoms. The van der Waals surface area contributed by atoms with Gasteiger partial charge in [-0.05, 0) is 30.3 Å². The summed E-state index contributed by atoms with van der Waals surface area (Å²) in [7, 11) is 0. The number of carbonyl (C=O) groups excluding carboxylic acids is 2. The van der Waals surface area contributed by atoms with E-state index in [0.717, 1.165) is 0 Å². The molecular formula is C17H14N2O5. The van der Waals surface area contributed by atoms with Gasteiger partial charge in [-0.1, -0.05) is 18.2 Å². The molecule has 122 valence electrons. The lowest BCUT2D eigenvalue weighted by Gasteiger charge is -2.06. The number of hydrogen-bond acceptors (Lipinski definition) is 5. The Morgan fingerprint density at radius 2 is 1.92 bits per heavy atom. The lowest BCUT2D eigenvalue weighted by Crippen LogP contribution is -2.18. The summed E-state index contributed by atoms with van der Waals surface area (Å²) in [5.41, 5.74) is 6.51. The normalized spacial score (nSPS) is 10.7. The van der Waals surface area contributed by atoms with Crippen LogP contribution in [0, 0.1) is 0 Å². The van der Waals surface area contributed by atoms with Gasteiger partial charge in [-0.25, -0.2) is 4.79 Å². The summed E-state index contributed by atoms with van der Waals surface area (Å²) in [6.07, 6.45) is -0.0236. The number of benzene rings is 2. The molecule has 0 aliphatic carbocycles. The summed E-state index contributed by atoms with van der Waals surface area (Å²) >= 11 is 0. The lowest BCUT2D eigenvalue weighted by molar-refractivity contribution is -0.134. The summed E-state index contributed by atoms with van der Waals surface area (Å²) in [5, 5.41) is 0. The maximum Gasteiger partial charge on any atom is 0.419 e. The SMILES string of the molecule is NC(=O)c1cccc(OC(=O)CCn2c(=O)oc3ccccc32)c1. The zero-order valence-electron chi connectivity index (χ0n) is 12.6. The fourth-order valence-electron chi connectivity index (χ4n) is 2.32. The Bertz CT molecular complexity index is 970. The molecule has 3 aromatic rings. The molecule has 2 N–H and O–H groups in total. The Morgan fingerprint density at radius 3 is 2.71 bits per heavy atom. The molecule has 7 heteroatoms. The molecule has 2 aromatic carbocycles. The summed E-state index contributed by atoms with van der Waals surface area (Å²) in [5.74, 6) is -1.45. The summed E-state index contributed by atoms with van der Waals surface area (Å²) in [4.78, 5) is 34.9. The second kappa shape index (κ2) is 6.41. The van der Waals surface area contributed by atoms with Crippen LogP contribution in [-0.2, 0) is 11.3 Å². The standard InChI is InChI=1S/C17H14N2O5/c18-16(21)11-4-3-5-12(10-11)23-15(20)8-9-19-13-6-1-2-7-14(13)24-17(19)22/h1-7,10H,8-9H2,(H2,18,21). The van der Waals surface area contributed by atoms with E-state index < -0.39 is 17.6 Å². The van der Waals surface area contributed by atoms with Crippen LogP contribution in [0.1, 0.15) is 16.8 Å². The average molecular weight is 326 g/mol. The number of rotatable bonds is 5. The Hall–Kier alpha value is -3.35. The average Bonchev–Trinajstić information content (AvgIpc) is 2.88. The fraction of sp³-hybridized carbons (Fsp3) is 0.118. The Balaban J connectivity index is 1.69. The van der Waals surface area contributed by atoms with Crippen molar-refractivity contribution >= 4 is 23.0 Å². The molecule has 0 aliphatic rings. The van der Waals surface area contributed by atoms with E-state index in [2.05, 4.69) is 0 Å². The van der Waals surface area contributed by atoms with Crippen molar-refractivity contribution in [2.45, 2.75) is 13.0 Å². The quantitative estimate of drug-likeness (QED) is 0.567. The molecule has 0 spiro atoms. The number of para-hydroxylation sites is 2. The van der Waals surface area contributed by atoms with Crippen LogP contribution in [0.3, 0.4) is 0 Å². The van der Waals surface area contributed by atoms with Gasteiger partial charge in [-0.15, -0.1) is 0 Å². The van der Waals surface area contributed by atoms with Crippen LogP contribution in [0.25, 0.3) is 11.1 Å². The highest BCUT2D eigenvalue weighted by molar-refractivity contribution is 5.93. The van der Waals surface area contributed by atoms with E-state index in [0.29, 0.717) is 11.1 Å². The Morgan fingerprint density at radius 1 is 1.12 bits per heavy atom. The zero-order chi connectivity index (χ0) is 17.1. The fourth-order valence-corrected chi connectivity index (χ4v) is 2.32. The molecule has 1 heterocycles. The third-order valence-corrected chi connectivity index (χ3v) is 3.46. The van der Waals surface area contributed by atoms with Crippen molar-refractivity contribution in [3.63, 3.8) is 0 Å². The van der Waals surface area contributed by atoms with Crippen molar-refractivity contribution < 1.29 is 18.7 Å². The number of amides is 1. The van der Waals surface area contributed by atoms with Crippen molar-refractivity contribution in [3.8, 4) is 5.75 Å². The number of fused-ring (bicyclic) bond motifs is 1. The van der Waals surface area contributed by atoms with Gasteiger partial charge in [0.15, 0.2) is 5.58 Å². The topological polar surface area (TPSA) is 105 Å². The van der Waals surface area contributed by atoms with Crippen LogP contribution in [0.4, 0.5) is 0 Å². The maximum absolute atomic E-state index is 12.0. The molecule has 0 atom stereocenters. The molecular weight excluding hydrogens is 312 g/mol. The number of aryl methyl sites for hydroxylation is 1. The molecule has 0 bridgehead atoms. The first kappa shape index (κ1) is 15.5. The molecule has 0 unspecified atom stereocenters. The van der Waals surface area contributed by atoms with Gasteiger partial charge in [0, 0.05) is 12.1 Å². The minimum absolute atomic E-state index is 0.0236. The highest BCUT2D eigenvalue weighted by Crippen LogP contribution is 2.15. The van der Waals surface area contributed by atoms with Crippen LogP contribution < -0.4 is 16.2 Å². The van der Waals surface area contributed by atoms with Gasteiger partial charge in [0.1, 0.15) is 5.75 Å². The van der Waals surface area contributed by atoms with Crippen LogP contribution in [-0.4, -0.2) is 16.4 Å². The van der Waals surface area contributed by atoms with Crippen molar-refractivity contribution in [1.82, 2.24) is 4.57 Å². The van der Waals surface area contributed by atoms with E-state index in [1.165, 1.54) is 16.7 Å². The second-order valence-corrected chi connectivity index (χ2v) is 5.10. The van der Waals surface area contributed by atoms with E-state index in [4.69, 9.17) is 14.9 Å². The number of carbonyl (C=O) groups is 2. The summed E-state index contributed by atoms with van der Waals surface area (Å²) in [6.45, 7) is 0.129. The molecule has 0 aliphatic heterocycles. The molecule has 3 rings (SSSR count). The van der Waals surface area contributed by atoms with E-state index in [-0.39, 0.29) is 24.3 Å². The third-order valence-electron chi connectivity index (χ3n) is 3.46. The molecule has 1 aromatic heterocycles. The smallest absolute Gasteiger partial charge is 0.419 e. The molecule has 0 saturated carbocycles. The minimum Gasteiger partial charge on any atom is -0.426 e. The number of nitrogens with two attached hydrogens (primary N) is 1. The Labute approximate surface area is 136 Å². The first-order chi connectivity index (χ1) is 11.5. The molecule has 0 radical (unpaired) electrons. The minimum atomic E-state index is -0.607. The van der Waals surface area contributed by atoms with Crippen LogP contribution >= 0.6 is 0 Å². The Kier molecular flexibility index (Phi) is 4.15. The van der Waals surface area contributed by atoms with Gasteiger partial charge in [-0.3, -0.25) is 14.2 Å². The van der Waals surface area contributed by atoms with Crippen molar-refractivity contribution in [1.29, 1.82) is 0 Å². The highest BCUT2D eigenvalue weighted by atomic mass is 16.5.